The molecular formula is C33H30N3O3+. The number of para-hydroxylation sites is 3. The molecule has 194 valence electrons. The topological polar surface area (TPSA) is 62.0 Å². The molecule has 4 aromatic carbocycles. The highest BCUT2D eigenvalue weighted by Gasteiger charge is 2.25. The molecule has 0 aliphatic heterocycles. The summed E-state index contributed by atoms with van der Waals surface area (Å²) in [4.78, 5) is 0. The fourth-order valence-electron chi connectivity index (χ4n) is 5.39. The summed E-state index contributed by atoms with van der Waals surface area (Å²) in [5.41, 5.74) is 14.4. The van der Waals surface area contributed by atoms with E-state index >= 15 is 0 Å². The van der Waals surface area contributed by atoms with Crippen molar-refractivity contribution in [1.29, 1.82) is 0 Å². The van der Waals surface area contributed by atoms with E-state index in [1.807, 2.05) is 30.3 Å². The molecule has 2 N–H and O–H groups in total. The van der Waals surface area contributed by atoms with Gasteiger partial charge in [0.25, 0.3) is 5.65 Å². The predicted octanol–water partition coefficient (Wildman–Crippen LogP) is 6.36. The van der Waals surface area contributed by atoms with Crippen LogP contribution < -0.4 is 24.5 Å². The lowest BCUT2D eigenvalue weighted by molar-refractivity contribution is -0.636. The van der Waals surface area contributed by atoms with E-state index in [1.54, 1.807) is 21.3 Å². The van der Waals surface area contributed by atoms with E-state index in [0.717, 1.165) is 50.0 Å². The quantitative estimate of drug-likeness (QED) is 0.152. The van der Waals surface area contributed by atoms with Crippen LogP contribution in [0.5, 0.6) is 17.2 Å². The molecule has 0 fully saturated rings. The first-order chi connectivity index (χ1) is 19.1. The van der Waals surface area contributed by atoms with Crippen molar-refractivity contribution in [1.82, 2.24) is 4.40 Å². The molecule has 0 aliphatic carbocycles. The van der Waals surface area contributed by atoms with Gasteiger partial charge in [0, 0.05) is 28.3 Å². The third kappa shape index (κ3) is 4.20. The Hall–Kier alpha value is -4.97. The number of benzene rings is 4. The molecule has 39 heavy (non-hydrogen) atoms. The van der Waals surface area contributed by atoms with E-state index in [4.69, 9.17) is 19.9 Å². The van der Waals surface area contributed by atoms with Crippen LogP contribution in [0.25, 0.3) is 39.7 Å². The highest BCUT2D eigenvalue weighted by atomic mass is 16.5. The largest absolute Gasteiger partial charge is 0.493 e. The van der Waals surface area contributed by atoms with Gasteiger partial charge in [-0.25, -0.2) is 4.57 Å². The number of aromatic nitrogens is 2. The molecule has 0 amide bonds. The van der Waals surface area contributed by atoms with Crippen LogP contribution in [0.3, 0.4) is 0 Å². The Labute approximate surface area is 227 Å². The maximum Gasteiger partial charge on any atom is 0.288 e. The Kier molecular flexibility index (Phi) is 6.29. The number of methoxy groups -OCH3 is 3. The second kappa shape index (κ2) is 10.1. The lowest BCUT2D eigenvalue weighted by Crippen LogP contribution is -2.34. The van der Waals surface area contributed by atoms with Gasteiger partial charge in [-0.15, -0.1) is 0 Å². The number of ether oxygens (including phenoxy) is 3. The predicted molar refractivity (Wildman–Crippen MR) is 158 cm³/mol. The summed E-state index contributed by atoms with van der Waals surface area (Å²) in [5.74, 6) is 1.89. The molecule has 0 unspecified atom stereocenters. The molecule has 0 aliphatic rings. The Morgan fingerprint density at radius 2 is 1.59 bits per heavy atom. The third-order valence-corrected chi connectivity index (χ3v) is 7.13. The van der Waals surface area contributed by atoms with Crippen molar-refractivity contribution < 1.29 is 18.8 Å². The van der Waals surface area contributed by atoms with Crippen LogP contribution in [0.2, 0.25) is 0 Å². The van der Waals surface area contributed by atoms with Crippen LogP contribution in [0.1, 0.15) is 16.7 Å². The zero-order valence-electron chi connectivity index (χ0n) is 22.2. The van der Waals surface area contributed by atoms with Gasteiger partial charge in [0.2, 0.25) is 5.75 Å². The first-order valence-electron chi connectivity index (χ1n) is 12.8. The van der Waals surface area contributed by atoms with Crippen LogP contribution in [-0.2, 0) is 6.54 Å². The van der Waals surface area contributed by atoms with Crippen molar-refractivity contribution in [2.45, 2.75) is 6.54 Å². The first-order valence-corrected chi connectivity index (χ1v) is 12.8. The third-order valence-electron chi connectivity index (χ3n) is 7.13. The van der Waals surface area contributed by atoms with Crippen molar-refractivity contribution in [3.63, 3.8) is 0 Å². The van der Waals surface area contributed by atoms with Gasteiger partial charge in [0.1, 0.15) is 12.1 Å². The molecule has 0 radical (unpaired) electrons. The number of fused-ring (bicyclic) bond motifs is 5. The van der Waals surface area contributed by atoms with Crippen molar-refractivity contribution >= 4 is 45.4 Å². The molecule has 0 bridgehead atoms. The van der Waals surface area contributed by atoms with Crippen molar-refractivity contribution in [3.8, 4) is 17.2 Å². The Morgan fingerprint density at radius 1 is 0.769 bits per heavy atom. The Balaban J connectivity index is 1.58. The van der Waals surface area contributed by atoms with E-state index in [1.165, 1.54) is 0 Å². The SMILES string of the molecule is COc1ccc(C[n+]2c3ccccc3n3c4c(C=Cc5cccc(N)c5)cccc4ccc32)c(OC)c1OC. The molecule has 6 heteroatoms. The highest BCUT2D eigenvalue weighted by Crippen LogP contribution is 2.40. The van der Waals surface area contributed by atoms with Gasteiger partial charge in [-0.05, 0) is 48.0 Å². The lowest BCUT2D eigenvalue weighted by Gasteiger charge is -2.15. The van der Waals surface area contributed by atoms with Gasteiger partial charge in [0.15, 0.2) is 22.5 Å². The number of anilines is 1. The minimum Gasteiger partial charge on any atom is -0.493 e. The highest BCUT2D eigenvalue weighted by molar-refractivity contribution is 5.95. The molecular weight excluding hydrogens is 486 g/mol. The van der Waals surface area contributed by atoms with Gasteiger partial charge in [-0.2, -0.15) is 4.40 Å². The van der Waals surface area contributed by atoms with Gasteiger partial charge in [-0.1, -0.05) is 54.6 Å². The number of nitrogen functional groups attached to an aromatic ring is 1. The Bertz CT molecular complexity index is 1870. The van der Waals surface area contributed by atoms with Gasteiger partial charge in [-0.3, -0.25) is 0 Å². The number of nitrogens with two attached hydrogens (primary N) is 1. The van der Waals surface area contributed by atoms with Crippen molar-refractivity contribution in [2.75, 3.05) is 27.1 Å². The normalized spacial score (nSPS) is 11.6. The summed E-state index contributed by atoms with van der Waals surface area (Å²) in [6, 6.07) is 31.1. The molecule has 0 atom stereocenters. The summed E-state index contributed by atoms with van der Waals surface area (Å²) in [5, 5.41) is 1.16. The van der Waals surface area contributed by atoms with Crippen molar-refractivity contribution in [2.24, 2.45) is 0 Å². The standard InChI is InChI=1S/C33H30N3O3/c1-37-29-18-16-25(32(38-2)33(29)39-3)21-35-27-12-4-5-13-28(27)36-30(35)19-17-24-10-7-9-23(31(24)36)15-14-22-8-6-11-26(34)20-22/h4-20H,21,34H2,1-3H3/q+1. The molecule has 0 saturated heterocycles. The van der Waals surface area contributed by atoms with Gasteiger partial charge in [0.05, 0.1) is 21.3 Å². The van der Waals surface area contributed by atoms with E-state index in [2.05, 4.69) is 81.8 Å². The average molecular weight is 517 g/mol. The average Bonchev–Trinajstić information content (AvgIpc) is 3.29. The number of pyridine rings is 1. The van der Waals surface area contributed by atoms with Crippen molar-refractivity contribution in [3.05, 3.63) is 108 Å². The Morgan fingerprint density at radius 3 is 2.38 bits per heavy atom. The summed E-state index contributed by atoms with van der Waals surface area (Å²) in [6.07, 6.45) is 4.27. The second-order valence-corrected chi connectivity index (χ2v) is 9.38. The van der Waals surface area contributed by atoms with Crippen LogP contribution in [0.15, 0.2) is 91.0 Å². The maximum absolute atomic E-state index is 6.01. The maximum atomic E-state index is 6.01. The monoisotopic (exact) mass is 516 g/mol. The summed E-state index contributed by atoms with van der Waals surface area (Å²) in [6.45, 7) is 0.591. The number of imidazole rings is 1. The zero-order chi connectivity index (χ0) is 26.9. The number of nitrogens with zero attached hydrogens (tertiary/aromatic N) is 2. The van der Waals surface area contributed by atoms with E-state index in [9.17, 15) is 0 Å². The molecule has 6 nitrogen and oxygen atoms in total. The van der Waals surface area contributed by atoms with E-state index < -0.39 is 0 Å². The fourth-order valence-corrected chi connectivity index (χ4v) is 5.39. The molecule has 0 spiro atoms. The second-order valence-electron chi connectivity index (χ2n) is 9.38. The minimum absolute atomic E-state index is 0.588. The van der Waals surface area contributed by atoms with Gasteiger partial charge < -0.3 is 19.9 Å². The molecule has 6 rings (SSSR count). The lowest BCUT2D eigenvalue weighted by atomic mass is 10.1. The van der Waals surface area contributed by atoms with Crippen LogP contribution >= 0.6 is 0 Å². The fraction of sp³-hybridized carbons (Fsp3) is 0.121. The molecule has 2 heterocycles. The molecule has 6 aromatic rings. The molecule has 0 saturated carbocycles. The summed E-state index contributed by atoms with van der Waals surface area (Å²) < 4.78 is 21.6. The number of rotatable bonds is 7. The van der Waals surface area contributed by atoms with Crippen LogP contribution in [0, 0.1) is 0 Å². The summed E-state index contributed by atoms with van der Waals surface area (Å²) in [7, 11) is 4.92. The first kappa shape index (κ1) is 24.4. The zero-order valence-corrected chi connectivity index (χ0v) is 22.2. The summed E-state index contributed by atoms with van der Waals surface area (Å²) >= 11 is 0. The molecule has 2 aromatic heterocycles. The number of hydrogen-bond acceptors (Lipinski definition) is 4. The number of hydrogen-bond donors (Lipinski definition) is 1. The van der Waals surface area contributed by atoms with E-state index in [0.29, 0.717) is 23.8 Å². The minimum atomic E-state index is 0.588. The van der Waals surface area contributed by atoms with Gasteiger partial charge >= 0.3 is 0 Å². The van der Waals surface area contributed by atoms with E-state index in [-0.39, 0.29) is 0 Å². The van der Waals surface area contributed by atoms with Crippen LogP contribution in [0.4, 0.5) is 5.69 Å². The van der Waals surface area contributed by atoms with Crippen LogP contribution in [-0.4, -0.2) is 25.7 Å². The smallest absolute Gasteiger partial charge is 0.288 e.